The lowest BCUT2D eigenvalue weighted by Crippen LogP contribution is -2.33. The smallest absolute Gasteiger partial charge is 0.224 e. The van der Waals surface area contributed by atoms with Gasteiger partial charge in [-0.1, -0.05) is 30.7 Å². The van der Waals surface area contributed by atoms with Crippen LogP contribution in [0, 0.1) is 0 Å². The summed E-state index contributed by atoms with van der Waals surface area (Å²) in [6.45, 7) is 4.91. The van der Waals surface area contributed by atoms with Crippen molar-refractivity contribution in [2.75, 3.05) is 25.0 Å². The number of likely N-dealkylation sites (tertiary alicyclic amines) is 1. The quantitative estimate of drug-likeness (QED) is 0.580. The number of carbonyl (C=O) groups is 2. The average Bonchev–Trinajstić information content (AvgIpc) is 2.74. The molecule has 1 amide bonds. The molecule has 1 fully saturated rings. The highest BCUT2D eigenvalue weighted by atomic mass is 35.5. The summed E-state index contributed by atoms with van der Waals surface area (Å²) in [5.41, 5.74) is 2.93. The molecule has 4 nitrogen and oxygen atoms in total. The van der Waals surface area contributed by atoms with Crippen LogP contribution in [0.2, 0.25) is 5.02 Å². The molecule has 1 heterocycles. The summed E-state index contributed by atoms with van der Waals surface area (Å²) in [6.07, 6.45) is 4.15. The summed E-state index contributed by atoms with van der Waals surface area (Å²) in [5.74, 6) is 0.757. The van der Waals surface area contributed by atoms with Crippen LogP contribution < -0.4 is 5.32 Å². The number of nitrogens with one attached hydrogen (secondary N) is 1. The lowest BCUT2D eigenvalue weighted by Gasteiger charge is -2.32. The van der Waals surface area contributed by atoms with Gasteiger partial charge in [0, 0.05) is 29.1 Å². The Morgan fingerprint density at radius 3 is 2.52 bits per heavy atom. The zero-order chi connectivity index (χ0) is 20.6. The monoisotopic (exact) mass is 412 g/mol. The molecule has 1 aliphatic heterocycles. The van der Waals surface area contributed by atoms with Crippen molar-refractivity contribution in [3.05, 3.63) is 64.7 Å². The van der Waals surface area contributed by atoms with E-state index in [1.54, 1.807) is 24.3 Å². The van der Waals surface area contributed by atoms with Crippen LogP contribution >= 0.6 is 11.6 Å². The SMILES string of the molecule is CCC(=O)Nc1cccc(C2CCN(CCCC(=O)c3ccc(Cl)cc3)CC2)c1. The molecule has 2 aromatic rings. The summed E-state index contributed by atoms with van der Waals surface area (Å²) < 4.78 is 0. The highest BCUT2D eigenvalue weighted by Gasteiger charge is 2.21. The molecule has 1 N–H and O–H groups in total. The van der Waals surface area contributed by atoms with E-state index < -0.39 is 0 Å². The fraction of sp³-hybridized carbons (Fsp3) is 0.417. The van der Waals surface area contributed by atoms with E-state index in [2.05, 4.69) is 22.3 Å². The van der Waals surface area contributed by atoms with Crippen LogP contribution in [-0.4, -0.2) is 36.2 Å². The molecule has 5 heteroatoms. The second-order valence-corrected chi connectivity index (χ2v) is 8.11. The van der Waals surface area contributed by atoms with Crippen LogP contribution in [0.25, 0.3) is 0 Å². The molecule has 0 saturated carbocycles. The predicted octanol–water partition coefficient (Wildman–Crippen LogP) is 5.53. The number of piperidine rings is 1. The van der Waals surface area contributed by atoms with Crippen molar-refractivity contribution in [3.8, 4) is 0 Å². The van der Waals surface area contributed by atoms with Gasteiger partial charge in [0.2, 0.25) is 5.91 Å². The first-order valence-corrected chi connectivity index (χ1v) is 10.8. The number of rotatable bonds is 8. The van der Waals surface area contributed by atoms with Gasteiger partial charge in [-0.25, -0.2) is 0 Å². The molecule has 0 aliphatic carbocycles. The predicted molar refractivity (Wildman–Crippen MR) is 119 cm³/mol. The van der Waals surface area contributed by atoms with Crippen LogP contribution in [0.1, 0.15) is 60.9 Å². The summed E-state index contributed by atoms with van der Waals surface area (Å²) in [4.78, 5) is 26.3. The molecule has 0 radical (unpaired) electrons. The van der Waals surface area contributed by atoms with Gasteiger partial charge in [-0.3, -0.25) is 9.59 Å². The number of hydrogen-bond acceptors (Lipinski definition) is 3. The Kier molecular flexibility index (Phi) is 7.84. The van der Waals surface area contributed by atoms with Crippen LogP contribution in [-0.2, 0) is 4.79 Å². The first-order valence-electron chi connectivity index (χ1n) is 10.5. The second kappa shape index (κ2) is 10.6. The Labute approximate surface area is 178 Å². The molecule has 154 valence electrons. The van der Waals surface area contributed by atoms with E-state index >= 15 is 0 Å². The number of nitrogens with zero attached hydrogens (tertiary/aromatic N) is 1. The summed E-state index contributed by atoms with van der Waals surface area (Å²) in [5, 5.41) is 3.60. The fourth-order valence-corrected chi connectivity index (χ4v) is 3.98. The number of ketones is 1. The molecule has 1 aliphatic rings. The van der Waals surface area contributed by atoms with E-state index in [9.17, 15) is 9.59 Å². The molecular formula is C24H29ClN2O2. The van der Waals surface area contributed by atoms with Crippen molar-refractivity contribution in [1.82, 2.24) is 4.90 Å². The maximum Gasteiger partial charge on any atom is 0.224 e. The summed E-state index contributed by atoms with van der Waals surface area (Å²) in [6, 6.07) is 15.4. The number of Topliss-reactive ketones (excluding diaryl/α,β-unsaturated/α-hetero) is 1. The first-order chi connectivity index (χ1) is 14.0. The third kappa shape index (κ3) is 6.41. The van der Waals surface area contributed by atoms with E-state index in [0.29, 0.717) is 23.8 Å². The molecule has 0 spiro atoms. The Morgan fingerprint density at radius 2 is 1.83 bits per heavy atom. The van der Waals surface area contributed by atoms with E-state index in [-0.39, 0.29) is 11.7 Å². The Balaban J connectivity index is 1.42. The highest BCUT2D eigenvalue weighted by molar-refractivity contribution is 6.30. The van der Waals surface area contributed by atoms with Crippen molar-refractivity contribution in [2.24, 2.45) is 0 Å². The molecular weight excluding hydrogens is 384 g/mol. The van der Waals surface area contributed by atoms with E-state index in [1.807, 2.05) is 19.1 Å². The Hall–Kier alpha value is -2.17. The molecule has 1 saturated heterocycles. The normalized spacial score (nSPS) is 15.2. The van der Waals surface area contributed by atoms with Crippen molar-refractivity contribution in [3.63, 3.8) is 0 Å². The van der Waals surface area contributed by atoms with Crippen LogP contribution in [0.3, 0.4) is 0 Å². The highest BCUT2D eigenvalue weighted by Crippen LogP contribution is 2.29. The maximum atomic E-state index is 12.3. The minimum atomic E-state index is 0.0464. The van der Waals surface area contributed by atoms with Crippen LogP contribution in [0.15, 0.2) is 48.5 Å². The molecule has 0 unspecified atom stereocenters. The lowest BCUT2D eigenvalue weighted by molar-refractivity contribution is -0.115. The van der Waals surface area contributed by atoms with Crippen molar-refractivity contribution in [1.29, 1.82) is 0 Å². The second-order valence-electron chi connectivity index (χ2n) is 7.68. The zero-order valence-electron chi connectivity index (χ0n) is 17.0. The fourth-order valence-electron chi connectivity index (χ4n) is 3.85. The van der Waals surface area contributed by atoms with Gasteiger partial charge in [-0.15, -0.1) is 0 Å². The van der Waals surface area contributed by atoms with Crippen LogP contribution in [0.4, 0.5) is 5.69 Å². The van der Waals surface area contributed by atoms with E-state index in [4.69, 9.17) is 11.6 Å². The number of halogens is 1. The average molecular weight is 413 g/mol. The van der Waals surface area contributed by atoms with Gasteiger partial charge >= 0.3 is 0 Å². The van der Waals surface area contributed by atoms with Gasteiger partial charge in [-0.2, -0.15) is 0 Å². The van der Waals surface area contributed by atoms with Gasteiger partial charge in [0.1, 0.15) is 0 Å². The number of hydrogen-bond donors (Lipinski definition) is 1. The Morgan fingerprint density at radius 1 is 1.10 bits per heavy atom. The van der Waals surface area contributed by atoms with Crippen LogP contribution in [0.5, 0.6) is 0 Å². The molecule has 2 aromatic carbocycles. The topological polar surface area (TPSA) is 49.4 Å². The Bertz CT molecular complexity index is 827. The first kappa shape index (κ1) is 21.5. The standard InChI is InChI=1S/C24H29ClN2O2/c1-2-24(29)26-22-6-3-5-20(17-22)18-12-15-27(16-13-18)14-4-7-23(28)19-8-10-21(25)11-9-19/h3,5-6,8-11,17-18H,2,4,7,12-16H2,1H3,(H,26,29). The maximum absolute atomic E-state index is 12.3. The van der Waals surface area contributed by atoms with Gasteiger partial charge in [0.05, 0.1) is 0 Å². The third-order valence-electron chi connectivity index (χ3n) is 5.59. The van der Waals surface area contributed by atoms with Gasteiger partial charge in [0.15, 0.2) is 5.78 Å². The molecule has 0 bridgehead atoms. The number of amides is 1. The van der Waals surface area contributed by atoms with Crippen molar-refractivity contribution in [2.45, 2.75) is 44.9 Å². The summed E-state index contributed by atoms with van der Waals surface area (Å²) >= 11 is 5.88. The third-order valence-corrected chi connectivity index (χ3v) is 5.85. The minimum absolute atomic E-state index is 0.0464. The number of carbonyl (C=O) groups excluding carboxylic acids is 2. The molecule has 29 heavy (non-hydrogen) atoms. The molecule has 3 rings (SSSR count). The van der Waals surface area contributed by atoms with Gasteiger partial charge in [-0.05, 0) is 86.8 Å². The van der Waals surface area contributed by atoms with Crippen molar-refractivity contribution < 1.29 is 9.59 Å². The zero-order valence-corrected chi connectivity index (χ0v) is 17.8. The molecule has 0 atom stereocenters. The van der Waals surface area contributed by atoms with E-state index in [0.717, 1.165) is 50.1 Å². The van der Waals surface area contributed by atoms with Gasteiger partial charge < -0.3 is 10.2 Å². The van der Waals surface area contributed by atoms with Crippen molar-refractivity contribution >= 4 is 29.0 Å². The summed E-state index contributed by atoms with van der Waals surface area (Å²) in [7, 11) is 0. The van der Waals surface area contributed by atoms with E-state index in [1.165, 1.54) is 5.56 Å². The molecule has 0 aromatic heterocycles. The largest absolute Gasteiger partial charge is 0.326 e. The number of benzene rings is 2. The minimum Gasteiger partial charge on any atom is -0.326 e. The lowest BCUT2D eigenvalue weighted by atomic mass is 9.89. The van der Waals surface area contributed by atoms with Gasteiger partial charge in [0.25, 0.3) is 0 Å². The number of anilines is 1.